The summed E-state index contributed by atoms with van der Waals surface area (Å²) < 4.78 is 26.7. The Morgan fingerprint density at radius 1 is 1.36 bits per heavy atom. The maximum atomic E-state index is 12.5. The summed E-state index contributed by atoms with van der Waals surface area (Å²) in [6, 6.07) is 6.75. The summed E-state index contributed by atoms with van der Waals surface area (Å²) >= 11 is 1.47. The van der Waals surface area contributed by atoms with E-state index in [2.05, 4.69) is 4.72 Å². The normalized spacial score (nSPS) is 14.1. The van der Waals surface area contributed by atoms with Gasteiger partial charge in [0.2, 0.25) is 10.0 Å². The number of sulfonamides is 1. The standard InChI is InChI=1S/C15H16N2O3S2/c1-2-16-22(19,20)13-4-3-11-5-7-17(14(11)9-13)15(18)12-6-8-21-10-12/h3-4,6,8-10,16H,2,5,7H2,1H3. The third kappa shape index (κ3) is 2.67. The summed E-state index contributed by atoms with van der Waals surface area (Å²) in [6.07, 6.45) is 0.743. The van der Waals surface area contributed by atoms with Crippen molar-refractivity contribution in [2.45, 2.75) is 18.2 Å². The van der Waals surface area contributed by atoms with Crippen molar-refractivity contribution in [1.82, 2.24) is 4.72 Å². The van der Waals surface area contributed by atoms with E-state index in [1.54, 1.807) is 41.5 Å². The molecule has 1 amide bonds. The minimum atomic E-state index is -3.52. The topological polar surface area (TPSA) is 66.5 Å². The van der Waals surface area contributed by atoms with E-state index < -0.39 is 10.0 Å². The smallest absolute Gasteiger partial charge is 0.259 e. The average Bonchev–Trinajstić information content (AvgIpc) is 3.15. The molecule has 0 spiro atoms. The molecule has 7 heteroatoms. The van der Waals surface area contributed by atoms with Gasteiger partial charge in [0.15, 0.2) is 0 Å². The Labute approximate surface area is 133 Å². The van der Waals surface area contributed by atoms with Gasteiger partial charge in [-0.15, -0.1) is 0 Å². The Hall–Kier alpha value is -1.70. The van der Waals surface area contributed by atoms with Crippen LogP contribution < -0.4 is 9.62 Å². The van der Waals surface area contributed by atoms with E-state index >= 15 is 0 Å². The number of fused-ring (bicyclic) bond motifs is 1. The molecular weight excluding hydrogens is 320 g/mol. The van der Waals surface area contributed by atoms with E-state index in [0.29, 0.717) is 24.3 Å². The monoisotopic (exact) mass is 336 g/mol. The number of thiophene rings is 1. The first kappa shape index (κ1) is 15.2. The lowest BCUT2D eigenvalue weighted by atomic mass is 10.2. The van der Waals surface area contributed by atoms with Crippen LogP contribution >= 0.6 is 11.3 Å². The number of carbonyl (C=O) groups excluding carboxylic acids is 1. The van der Waals surface area contributed by atoms with Crippen molar-refractivity contribution in [2.24, 2.45) is 0 Å². The number of amides is 1. The zero-order valence-electron chi connectivity index (χ0n) is 12.1. The Bertz CT molecular complexity index is 798. The first-order valence-electron chi connectivity index (χ1n) is 6.99. The number of rotatable bonds is 4. The van der Waals surface area contributed by atoms with Crippen LogP contribution in [-0.2, 0) is 16.4 Å². The van der Waals surface area contributed by atoms with E-state index in [1.807, 2.05) is 5.38 Å². The Morgan fingerprint density at radius 3 is 2.86 bits per heavy atom. The molecule has 0 radical (unpaired) electrons. The molecular formula is C15H16N2O3S2. The number of carbonyl (C=O) groups is 1. The quantitative estimate of drug-likeness (QED) is 0.931. The number of nitrogens with zero attached hydrogens (tertiary/aromatic N) is 1. The van der Waals surface area contributed by atoms with Crippen molar-refractivity contribution in [1.29, 1.82) is 0 Å². The highest BCUT2D eigenvalue weighted by atomic mass is 32.2. The van der Waals surface area contributed by atoms with Crippen LogP contribution in [0.4, 0.5) is 5.69 Å². The number of anilines is 1. The Kier molecular flexibility index (Phi) is 4.03. The van der Waals surface area contributed by atoms with Gasteiger partial charge in [-0.1, -0.05) is 13.0 Å². The molecule has 0 saturated heterocycles. The zero-order valence-corrected chi connectivity index (χ0v) is 13.7. The lowest BCUT2D eigenvalue weighted by Crippen LogP contribution is -2.29. The SMILES string of the molecule is CCNS(=O)(=O)c1ccc2c(c1)N(C(=O)c1ccsc1)CC2. The van der Waals surface area contributed by atoms with E-state index in [-0.39, 0.29) is 10.8 Å². The maximum Gasteiger partial charge on any atom is 0.259 e. The van der Waals surface area contributed by atoms with E-state index in [1.165, 1.54) is 11.3 Å². The molecule has 1 aliphatic rings. The predicted molar refractivity (Wildman–Crippen MR) is 87.0 cm³/mol. The highest BCUT2D eigenvalue weighted by Crippen LogP contribution is 2.31. The van der Waals surface area contributed by atoms with Crippen molar-refractivity contribution < 1.29 is 13.2 Å². The Morgan fingerprint density at radius 2 is 2.18 bits per heavy atom. The van der Waals surface area contributed by atoms with E-state index in [4.69, 9.17) is 0 Å². The molecule has 5 nitrogen and oxygen atoms in total. The third-order valence-electron chi connectivity index (χ3n) is 3.61. The molecule has 2 heterocycles. The second kappa shape index (κ2) is 5.83. The van der Waals surface area contributed by atoms with Crippen LogP contribution in [0.2, 0.25) is 0 Å². The van der Waals surface area contributed by atoms with Crippen molar-refractivity contribution >= 4 is 33.0 Å². The fraction of sp³-hybridized carbons (Fsp3) is 0.267. The molecule has 0 fully saturated rings. The number of hydrogen-bond acceptors (Lipinski definition) is 4. The predicted octanol–water partition coefficient (Wildman–Crippen LogP) is 2.25. The van der Waals surface area contributed by atoms with Gasteiger partial charge < -0.3 is 4.90 Å². The number of nitrogens with one attached hydrogen (secondary N) is 1. The van der Waals surface area contributed by atoms with Gasteiger partial charge in [0, 0.05) is 24.2 Å². The van der Waals surface area contributed by atoms with Gasteiger partial charge in [-0.2, -0.15) is 11.3 Å². The Balaban J connectivity index is 1.98. The third-order valence-corrected chi connectivity index (χ3v) is 5.84. The molecule has 1 aromatic heterocycles. The molecule has 116 valence electrons. The van der Waals surface area contributed by atoms with Crippen LogP contribution in [0.5, 0.6) is 0 Å². The minimum Gasteiger partial charge on any atom is -0.308 e. The molecule has 0 aliphatic carbocycles. The molecule has 2 aromatic rings. The highest BCUT2D eigenvalue weighted by Gasteiger charge is 2.27. The van der Waals surface area contributed by atoms with Crippen LogP contribution in [0.3, 0.4) is 0 Å². The van der Waals surface area contributed by atoms with Crippen LogP contribution in [0.25, 0.3) is 0 Å². The largest absolute Gasteiger partial charge is 0.308 e. The fourth-order valence-electron chi connectivity index (χ4n) is 2.55. The molecule has 3 rings (SSSR count). The van der Waals surface area contributed by atoms with E-state index in [0.717, 1.165) is 12.0 Å². The van der Waals surface area contributed by atoms with Gasteiger partial charge in [-0.3, -0.25) is 4.79 Å². The summed E-state index contributed by atoms with van der Waals surface area (Å²) in [5.74, 6) is -0.0852. The molecule has 1 N–H and O–H groups in total. The summed E-state index contributed by atoms with van der Waals surface area (Å²) in [7, 11) is -3.52. The van der Waals surface area contributed by atoms with Gasteiger partial charge in [-0.25, -0.2) is 13.1 Å². The molecule has 0 atom stereocenters. The molecule has 1 aliphatic heterocycles. The summed E-state index contributed by atoms with van der Waals surface area (Å²) in [6.45, 7) is 2.64. The van der Waals surface area contributed by atoms with Gasteiger partial charge in [0.1, 0.15) is 0 Å². The first-order chi connectivity index (χ1) is 10.5. The van der Waals surface area contributed by atoms with Gasteiger partial charge in [-0.05, 0) is 35.6 Å². The zero-order chi connectivity index (χ0) is 15.7. The highest BCUT2D eigenvalue weighted by molar-refractivity contribution is 7.89. The van der Waals surface area contributed by atoms with Crippen molar-refractivity contribution in [3.8, 4) is 0 Å². The second-order valence-electron chi connectivity index (χ2n) is 5.01. The lowest BCUT2D eigenvalue weighted by Gasteiger charge is -2.17. The van der Waals surface area contributed by atoms with E-state index in [9.17, 15) is 13.2 Å². The average molecular weight is 336 g/mol. The number of benzene rings is 1. The van der Waals surface area contributed by atoms with Crippen LogP contribution in [0, 0.1) is 0 Å². The second-order valence-corrected chi connectivity index (χ2v) is 7.56. The molecule has 22 heavy (non-hydrogen) atoms. The van der Waals surface area contributed by atoms with Crippen molar-refractivity contribution in [3.63, 3.8) is 0 Å². The number of hydrogen-bond donors (Lipinski definition) is 1. The molecule has 1 aromatic carbocycles. The lowest BCUT2D eigenvalue weighted by molar-refractivity contribution is 0.0990. The summed E-state index contributed by atoms with van der Waals surface area (Å²) in [4.78, 5) is 14.4. The fourth-order valence-corrected chi connectivity index (χ4v) is 4.24. The summed E-state index contributed by atoms with van der Waals surface area (Å²) in [5.41, 5.74) is 2.33. The van der Waals surface area contributed by atoms with Crippen LogP contribution in [-0.4, -0.2) is 27.4 Å². The molecule has 0 bridgehead atoms. The van der Waals surface area contributed by atoms with Crippen molar-refractivity contribution in [2.75, 3.05) is 18.0 Å². The van der Waals surface area contributed by atoms with Crippen molar-refractivity contribution in [3.05, 3.63) is 46.2 Å². The molecule has 0 unspecified atom stereocenters. The van der Waals surface area contributed by atoms with Gasteiger partial charge in [0.05, 0.1) is 10.5 Å². The molecule has 0 saturated carbocycles. The first-order valence-corrected chi connectivity index (χ1v) is 9.42. The summed E-state index contributed by atoms with van der Waals surface area (Å²) in [5, 5.41) is 3.66. The van der Waals surface area contributed by atoms with Crippen LogP contribution in [0.15, 0.2) is 39.9 Å². The van der Waals surface area contributed by atoms with Crippen LogP contribution in [0.1, 0.15) is 22.8 Å². The maximum absolute atomic E-state index is 12.5. The van der Waals surface area contributed by atoms with Gasteiger partial charge in [0.25, 0.3) is 5.91 Å². The van der Waals surface area contributed by atoms with Gasteiger partial charge >= 0.3 is 0 Å². The minimum absolute atomic E-state index is 0.0852.